The Morgan fingerprint density at radius 1 is 0.917 bits per heavy atom. The summed E-state index contributed by atoms with van der Waals surface area (Å²) >= 11 is 0. The van der Waals surface area contributed by atoms with Gasteiger partial charge in [0.15, 0.2) is 12.1 Å². The topological polar surface area (TPSA) is 74.6 Å². The molecular formula is C17H14N4O3. The van der Waals surface area contributed by atoms with Crippen molar-refractivity contribution in [2.24, 2.45) is 10.3 Å². The first-order valence-electron chi connectivity index (χ1n) is 7.47. The number of fused-ring (bicyclic) bond motifs is 1. The molecule has 4 rings (SSSR count). The molecule has 0 aliphatic carbocycles. The standard InChI is InChI=1S/C17H14N4O3/c1-24-13-9-7-11(8-10-13)20-16(22)14-15(17(20)23)21(19-18-14)12-5-3-2-4-6-12/h2-10,14-15H,1H3/t14-,15-/m1/s1. The second kappa shape index (κ2) is 5.45. The first-order chi connectivity index (χ1) is 11.7. The van der Waals surface area contributed by atoms with Crippen molar-refractivity contribution in [1.29, 1.82) is 0 Å². The van der Waals surface area contributed by atoms with Crippen molar-refractivity contribution in [2.45, 2.75) is 12.1 Å². The monoisotopic (exact) mass is 322 g/mol. The molecule has 1 saturated heterocycles. The third-order valence-electron chi connectivity index (χ3n) is 4.13. The molecule has 1 fully saturated rings. The Labute approximate surface area is 138 Å². The molecule has 0 saturated carbocycles. The predicted molar refractivity (Wildman–Crippen MR) is 86.8 cm³/mol. The van der Waals surface area contributed by atoms with Gasteiger partial charge < -0.3 is 4.74 Å². The molecule has 2 aliphatic heterocycles. The number of carbonyl (C=O) groups is 2. The smallest absolute Gasteiger partial charge is 0.263 e. The summed E-state index contributed by atoms with van der Waals surface area (Å²) in [6, 6.07) is 14.5. The van der Waals surface area contributed by atoms with Crippen molar-refractivity contribution >= 4 is 23.2 Å². The van der Waals surface area contributed by atoms with Crippen molar-refractivity contribution in [3.05, 3.63) is 54.6 Å². The summed E-state index contributed by atoms with van der Waals surface area (Å²) < 4.78 is 5.10. The summed E-state index contributed by atoms with van der Waals surface area (Å²) in [6.07, 6.45) is 0. The van der Waals surface area contributed by atoms with E-state index in [0.29, 0.717) is 11.4 Å². The van der Waals surface area contributed by atoms with Gasteiger partial charge in [-0.1, -0.05) is 23.4 Å². The summed E-state index contributed by atoms with van der Waals surface area (Å²) in [4.78, 5) is 26.6. The van der Waals surface area contributed by atoms with Crippen LogP contribution in [0.2, 0.25) is 0 Å². The summed E-state index contributed by atoms with van der Waals surface area (Å²) in [5, 5.41) is 9.54. The highest BCUT2D eigenvalue weighted by Gasteiger charge is 2.55. The van der Waals surface area contributed by atoms with Crippen molar-refractivity contribution in [3.63, 3.8) is 0 Å². The average Bonchev–Trinajstić information content (AvgIpc) is 3.17. The van der Waals surface area contributed by atoms with E-state index < -0.39 is 12.1 Å². The SMILES string of the molecule is COc1ccc(N2C(=O)[C@@H]3N=NN(c4ccccc4)[C@H]3C2=O)cc1. The molecule has 7 nitrogen and oxygen atoms in total. The number of nitrogens with zero attached hydrogens (tertiary/aromatic N) is 4. The van der Waals surface area contributed by atoms with Gasteiger partial charge >= 0.3 is 0 Å². The molecule has 24 heavy (non-hydrogen) atoms. The number of imide groups is 1. The molecule has 0 aromatic heterocycles. The molecule has 2 aromatic rings. The molecule has 2 heterocycles. The summed E-state index contributed by atoms with van der Waals surface area (Å²) in [5.74, 6) is -0.0370. The maximum Gasteiger partial charge on any atom is 0.263 e. The fourth-order valence-corrected chi connectivity index (χ4v) is 2.94. The lowest BCUT2D eigenvalue weighted by Crippen LogP contribution is -2.39. The minimum absolute atomic E-state index is 0.330. The van der Waals surface area contributed by atoms with Gasteiger partial charge in [0, 0.05) is 0 Å². The second-order valence-electron chi connectivity index (χ2n) is 5.48. The third-order valence-corrected chi connectivity index (χ3v) is 4.13. The van der Waals surface area contributed by atoms with E-state index >= 15 is 0 Å². The molecule has 0 spiro atoms. The molecule has 0 bridgehead atoms. The zero-order chi connectivity index (χ0) is 16.7. The Morgan fingerprint density at radius 2 is 1.62 bits per heavy atom. The molecule has 2 atom stereocenters. The van der Waals surface area contributed by atoms with Crippen LogP contribution in [-0.4, -0.2) is 31.0 Å². The molecule has 2 aliphatic rings. The fraction of sp³-hybridized carbons (Fsp3) is 0.176. The first-order valence-corrected chi connectivity index (χ1v) is 7.47. The minimum atomic E-state index is -0.806. The van der Waals surface area contributed by atoms with Gasteiger partial charge in [0.2, 0.25) is 0 Å². The lowest BCUT2D eigenvalue weighted by atomic mass is 10.1. The van der Waals surface area contributed by atoms with Crippen LogP contribution in [0.25, 0.3) is 0 Å². The second-order valence-corrected chi connectivity index (χ2v) is 5.48. The van der Waals surface area contributed by atoms with Crippen LogP contribution >= 0.6 is 0 Å². The van der Waals surface area contributed by atoms with E-state index in [9.17, 15) is 9.59 Å². The fourth-order valence-electron chi connectivity index (χ4n) is 2.94. The maximum absolute atomic E-state index is 12.8. The Balaban J connectivity index is 1.67. The molecule has 120 valence electrons. The summed E-state index contributed by atoms with van der Waals surface area (Å²) in [6.45, 7) is 0. The van der Waals surface area contributed by atoms with E-state index in [0.717, 1.165) is 5.69 Å². The Hall–Kier alpha value is -3.22. The van der Waals surface area contributed by atoms with Crippen LogP contribution in [0.15, 0.2) is 64.9 Å². The molecular weight excluding hydrogens is 308 g/mol. The maximum atomic E-state index is 12.8. The lowest BCUT2D eigenvalue weighted by molar-refractivity contribution is -0.121. The number of anilines is 2. The minimum Gasteiger partial charge on any atom is -0.497 e. The van der Waals surface area contributed by atoms with Gasteiger partial charge in [0.05, 0.1) is 18.5 Å². The zero-order valence-corrected chi connectivity index (χ0v) is 12.9. The highest BCUT2D eigenvalue weighted by Crippen LogP contribution is 2.35. The van der Waals surface area contributed by atoms with E-state index in [-0.39, 0.29) is 11.8 Å². The van der Waals surface area contributed by atoms with Gasteiger partial charge in [0.25, 0.3) is 11.8 Å². The molecule has 0 N–H and O–H groups in total. The molecule has 0 radical (unpaired) electrons. The van der Waals surface area contributed by atoms with Crippen LogP contribution in [0.5, 0.6) is 5.75 Å². The predicted octanol–water partition coefficient (Wildman–Crippen LogP) is 2.19. The first kappa shape index (κ1) is 14.4. The van der Waals surface area contributed by atoms with Crippen LogP contribution in [0.4, 0.5) is 11.4 Å². The Bertz CT molecular complexity index is 819. The number of benzene rings is 2. The number of ether oxygens (including phenoxy) is 1. The van der Waals surface area contributed by atoms with Crippen LogP contribution in [0.1, 0.15) is 0 Å². The van der Waals surface area contributed by atoms with Gasteiger partial charge in [0.1, 0.15) is 5.75 Å². The Kier molecular flexibility index (Phi) is 3.26. The molecule has 0 unspecified atom stereocenters. The lowest BCUT2D eigenvalue weighted by Gasteiger charge is -2.20. The van der Waals surface area contributed by atoms with E-state index in [2.05, 4.69) is 10.3 Å². The van der Waals surface area contributed by atoms with Crippen molar-refractivity contribution in [3.8, 4) is 5.75 Å². The summed E-state index contributed by atoms with van der Waals surface area (Å²) in [7, 11) is 1.56. The van der Waals surface area contributed by atoms with Crippen molar-refractivity contribution in [1.82, 2.24) is 0 Å². The van der Waals surface area contributed by atoms with Gasteiger partial charge in [-0.2, -0.15) is 5.11 Å². The number of hydrogen-bond acceptors (Lipinski definition) is 6. The third kappa shape index (κ3) is 2.05. The summed E-state index contributed by atoms with van der Waals surface area (Å²) in [5.41, 5.74) is 1.23. The number of amides is 2. The number of para-hydroxylation sites is 1. The number of methoxy groups -OCH3 is 1. The van der Waals surface area contributed by atoms with E-state index in [1.807, 2.05) is 30.3 Å². The van der Waals surface area contributed by atoms with Crippen LogP contribution in [0.3, 0.4) is 0 Å². The highest BCUT2D eigenvalue weighted by molar-refractivity contribution is 6.26. The van der Waals surface area contributed by atoms with E-state index in [1.165, 1.54) is 9.91 Å². The van der Waals surface area contributed by atoms with Gasteiger partial charge in [-0.25, -0.2) is 9.91 Å². The van der Waals surface area contributed by atoms with Crippen LogP contribution < -0.4 is 14.6 Å². The van der Waals surface area contributed by atoms with Gasteiger partial charge in [-0.05, 0) is 36.4 Å². The van der Waals surface area contributed by atoms with Gasteiger partial charge in [-0.15, -0.1) is 0 Å². The average molecular weight is 322 g/mol. The number of hydrogen-bond donors (Lipinski definition) is 0. The normalized spacial score (nSPS) is 22.2. The molecule has 2 amide bonds. The zero-order valence-electron chi connectivity index (χ0n) is 12.9. The highest BCUT2D eigenvalue weighted by atomic mass is 16.5. The molecule has 7 heteroatoms. The Morgan fingerprint density at radius 3 is 2.29 bits per heavy atom. The van der Waals surface area contributed by atoms with Crippen molar-refractivity contribution < 1.29 is 14.3 Å². The van der Waals surface area contributed by atoms with Crippen LogP contribution in [-0.2, 0) is 9.59 Å². The van der Waals surface area contributed by atoms with Crippen LogP contribution in [0, 0.1) is 0 Å². The molecule has 2 aromatic carbocycles. The largest absolute Gasteiger partial charge is 0.497 e. The number of rotatable bonds is 3. The quantitative estimate of drug-likeness (QED) is 0.812. The van der Waals surface area contributed by atoms with Crippen molar-refractivity contribution in [2.75, 3.05) is 17.0 Å². The number of carbonyl (C=O) groups excluding carboxylic acids is 2. The van der Waals surface area contributed by atoms with Gasteiger partial charge in [-0.3, -0.25) is 9.59 Å². The van der Waals surface area contributed by atoms with E-state index in [4.69, 9.17) is 4.74 Å². The van der Waals surface area contributed by atoms with E-state index in [1.54, 1.807) is 31.4 Å².